The Morgan fingerprint density at radius 3 is 2.85 bits per heavy atom. The molecule has 0 saturated heterocycles. The molecule has 0 aliphatic carbocycles. The maximum Gasteiger partial charge on any atom is 0.0315 e. The van der Waals surface area contributed by atoms with Crippen molar-refractivity contribution in [1.29, 1.82) is 0 Å². The second-order valence-electron chi connectivity index (χ2n) is 3.54. The van der Waals surface area contributed by atoms with E-state index in [2.05, 4.69) is 18.0 Å². The topological polar surface area (TPSA) is 38.9 Å². The van der Waals surface area contributed by atoms with Crippen LogP contribution in [0, 0.1) is 6.92 Å². The molecule has 2 N–H and O–H groups in total. The van der Waals surface area contributed by atoms with Crippen LogP contribution >= 0.6 is 0 Å². The molecule has 1 aromatic rings. The van der Waals surface area contributed by atoms with Crippen LogP contribution in [0.5, 0.6) is 0 Å². The molecule has 2 heteroatoms. The fourth-order valence-electron chi connectivity index (χ4n) is 1.37. The van der Waals surface area contributed by atoms with E-state index >= 15 is 0 Å². The van der Waals surface area contributed by atoms with Gasteiger partial charge < -0.3 is 5.73 Å². The van der Waals surface area contributed by atoms with E-state index in [1.165, 1.54) is 18.4 Å². The summed E-state index contributed by atoms with van der Waals surface area (Å²) in [6, 6.07) is 2.28. The SMILES string of the molecule is CCCC[C@@H](N)c1cncc(C)c1. The van der Waals surface area contributed by atoms with E-state index in [0.29, 0.717) is 0 Å². The fourth-order valence-corrected chi connectivity index (χ4v) is 1.37. The molecule has 0 spiro atoms. The van der Waals surface area contributed by atoms with Crippen molar-refractivity contribution in [3.63, 3.8) is 0 Å². The van der Waals surface area contributed by atoms with Crippen molar-refractivity contribution in [2.24, 2.45) is 5.73 Å². The number of hydrogen-bond acceptors (Lipinski definition) is 2. The Labute approximate surface area is 80.2 Å². The normalized spacial score (nSPS) is 12.8. The Morgan fingerprint density at radius 1 is 1.46 bits per heavy atom. The van der Waals surface area contributed by atoms with Crippen molar-refractivity contribution < 1.29 is 0 Å². The largest absolute Gasteiger partial charge is 0.324 e. The lowest BCUT2D eigenvalue weighted by Gasteiger charge is -2.10. The Balaban J connectivity index is 2.60. The summed E-state index contributed by atoms with van der Waals surface area (Å²) in [6.07, 6.45) is 7.17. The molecule has 0 amide bonds. The summed E-state index contributed by atoms with van der Waals surface area (Å²) < 4.78 is 0. The van der Waals surface area contributed by atoms with Crippen LogP contribution < -0.4 is 5.73 Å². The lowest BCUT2D eigenvalue weighted by atomic mass is 10.0. The first-order valence-electron chi connectivity index (χ1n) is 4.91. The van der Waals surface area contributed by atoms with Gasteiger partial charge in [-0.15, -0.1) is 0 Å². The van der Waals surface area contributed by atoms with Crippen molar-refractivity contribution in [2.45, 2.75) is 39.2 Å². The summed E-state index contributed by atoms with van der Waals surface area (Å²) in [6.45, 7) is 4.23. The highest BCUT2D eigenvalue weighted by molar-refractivity contribution is 5.19. The van der Waals surface area contributed by atoms with Crippen LogP contribution in [0.2, 0.25) is 0 Å². The molecule has 0 aliphatic heterocycles. The Hall–Kier alpha value is -0.890. The number of nitrogens with zero attached hydrogens (tertiary/aromatic N) is 1. The van der Waals surface area contributed by atoms with Crippen molar-refractivity contribution in [3.8, 4) is 0 Å². The summed E-state index contributed by atoms with van der Waals surface area (Å²) in [5, 5.41) is 0. The van der Waals surface area contributed by atoms with Gasteiger partial charge in [0.2, 0.25) is 0 Å². The van der Waals surface area contributed by atoms with E-state index < -0.39 is 0 Å². The number of aromatic nitrogens is 1. The molecule has 0 aromatic carbocycles. The molecule has 1 aromatic heterocycles. The predicted molar refractivity (Wildman–Crippen MR) is 55.4 cm³/mol. The van der Waals surface area contributed by atoms with Gasteiger partial charge in [-0.3, -0.25) is 4.98 Å². The molecule has 1 heterocycles. The Kier molecular flexibility index (Phi) is 3.90. The second-order valence-corrected chi connectivity index (χ2v) is 3.54. The van der Waals surface area contributed by atoms with Gasteiger partial charge in [-0.25, -0.2) is 0 Å². The highest BCUT2D eigenvalue weighted by Crippen LogP contribution is 2.16. The monoisotopic (exact) mass is 178 g/mol. The van der Waals surface area contributed by atoms with E-state index in [9.17, 15) is 0 Å². The van der Waals surface area contributed by atoms with Gasteiger partial charge >= 0.3 is 0 Å². The van der Waals surface area contributed by atoms with Gasteiger partial charge in [0.25, 0.3) is 0 Å². The molecule has 0 fully saturated rings. The molecule has 0 aliphatic rings. The smallest absolute Gasteiger partial charge is 0.0315 e. The van der Waals surface area contributed by atoms with Crippen LogP contribution in [0.3, 0.4) is 0 Å². The first kappa shape index (κ1) is 10.2. The van der Waals surface area contributed by atoms with E-state index in [1.807, 2.05) is 19.3 Å². The minimum absolute atomic E-state index is 0.160. The molecule has 1 atom stereocenters. The number of rotatable bonds is 4. The quantitative estimate of drug-likeness (QED) is 0.769. The second kappa shape index (κ2) is 4.97. The average Bonchev–Trinajstić information content (AvgIpc) is 2.14. The summed E-state index contributed by atoms with van der Waals surface area (Å²) in [5.41, 5.74) is 8.36. The van der Waals surface area contributed by atoms with Crippen LogP contribution in [0.1, 0.15) is 43.4 Å². The minimum atomic E-state index is 0.160. The third-order valence-electron chi connectivity index (χ3n) is 2.19. The number of aryl methyl sites for hydroxylation is 1. The molecule has 0 saturated carbocycles. The average molecular weight is 178 g/mol. The van der Waals surface area contributed by atoms with Crippen molar-refractivity contribution in [3.05, 3.63) is 29.6 Å². The molecule has 72 valence electrons. The molecule has 1 rings (SSSR count). The summed E-state index contributed by atoms with van der Waals surface area (Å²) in [4.78, 5) is 4.13. The summed E-state index contributed by atoms with van der Waals surface area (Å²) in [5.74, 6) is 0. The van der Waals surface area contributed by atoms with Crippen LogP contribution in [0.4, 0.5) is 0 Å². The lowest BCUT2D eigenvalue weighted by molar-refractivity contribution is 0.601. The molecule has 13 heavy (non-hydrogen) atoms. The molecule has 0 radical (unpaired) electrons. The molecular weight excluding hydrogens is 160 g/mol. The van der Waals surface area contributed by atoms with Gasteiger partial charge in [0.15, 0.2) is 0 Å². The molecule has 2 nitrogen and oxygen atoms in total. The van der Waals surface area contributed by atoms with E-state index in [4.69, 9.17) is 5.73 Å². The van der Waals surface area contributed by atoms with Crippen LogP contribution in [-0.4, -0.2) is 4.98 Å². The highest BCUT2D eigenvalue weighted by atomic mass is 14.7. The zero-order valence-corrected chi connectivity index (χ0v) is 8.46. The van der Waals surface area contributed by atoms with Gasteiger partial charge in [0, 0.05) is 18.4 Å². The maximum atomic E-state index is 6.01. The molecular formula is C11H18N2. The maximum absolute atomic E-state index is 6.01. The first-order valence-corrected chi connectivity index (χ1v) is 4.91. The standard InChI is InChI=1S/C11H18N2/c1-3-4-5-11(12)10-6-9(2)7-13-8-10/h6-8,11H,3-5,12H2,1-2H3/t11-/m1/s1. The van der Waals surface area contributed by atoms with E-state index in [-0.39, 0.29) is 6.04 Å². The van der Waals surface area contributed by atoms with Gasteiger partial charge in [0.05, 0.1) is 0 Å². The van der Waals surface area contributed by atoms with Gasteiger partial charge in [-0.1, -0.05) is 25.8 Å². The van der Waals surface area contributed by atoms with Gasteiger partial charge in [-0.2, -0.15) is 0 Å². The molecule has 0 unspecified atom stereocenters. The summed E-state index contributed by atoms with van der Waals surface area (Å²) in [7, 11) is 0. The van der Waals surface area contributed by atoms with Crippen LogP contribution in [0.25, 0.3) is 0 Å². The van der Waals surface area contributed by atoms with Crippen LogP contribution in [0.15, 0.2) is 18.5 Å². The highest BCUT2D eigenvalue weighted by Gasteiger charge is 2.04. The van der Waals surface area contributed by atoms with Crippen molar-refractivity contribution in [1.82, 2.24) is 4.98 Å². The van der Waals surface area contributed by atoms with Crippen LogP contribution in [-0.2, 0) is 0 Å². The van der Waals surface area contributed by atoms with E-state index in [0.717, 1.165) is 12.0 Å². The number of unbranched alkanes of at least 4 members (excludes halogenated alkanes) is 1. The van der Waals surface area contributed by atoms with Crippen molar-refractivity contribution >= 4 is 0 Å². The lowest BCUT2D eigenvalue weighted by Crippen LogP contribution is -2.10. The zero-order valence-electron chi connectivity index (χ0n) is 8.46. The number of hydrogen-bond donors (Lipinski definition) is 1. The Bertz CT molecular complexity index is 258. The zero-order chi connectivity index (χ0) is 9.68. The fraction of sp³-hybridized carbons (Fsp3) is 0.545. The first-order chi connectivity index (χ1) is 6.24. The third kappa shape index (κ3) is 3.15. The van der Waals surface area contributed by atoms with Gasteiger partial charge in [0.1, 0.15) is 0 Å². The third-order valence-corrected chi connectivity index (χ3v) is 2.19. The number of pyridine rings is 1. The number of nitrogens with two attached hydrogens (primary N) is 1. The molecule has 0 bridgehead atoms. The summed E-state index contributed by atoms with van der Waals surface area (Å²) >= 11 is 0. The Morgan fingerprint density at radius 2 is 2.23 bits per heavy atom. The van der Waals surface area contributed by atoms with E-state index in [1.54, 1.807) is 0 Å². The predicted octanol–water partition coefficient (Wildman–Crippen LogP) is 2.58. The van der Waals surface area contributed by atoms with Gasteiger partial charge in [-0.05, 0) is 24.5 Å². The van der Waals surface area contributed by atoms with Crippen molar-refractivity contribution in [2.75, 3.05) is 0 Å². The minimum Gasteiger partial charge on any atom is -0.324 e.